The fourth-order valence-electron chi connectivity index (χ4n) is 1.66. The van der Waals surface area contributed by atoms with Crippen LogP contribution >= 0.6 is 0 Å². The van der Waals surface area contributed by atoms with E-state index in [1.165, 1.54) is 0 Å². The number of ether oxygens (including phenoxy) is 1. The summed E-state index contributed by atoms with van der Waals surface area (Å²) < 4.78 is 4.80. The second-order valence-corrected chi connectivity index (χ2v) is 3.58. The Bertz CT molecular complexity index is 216. The van der Waals surface area contributed by atoms with Gasteiger partial charge in [0, 0.05) is 0 Å². The molecule has 0 aromatic heterocycles. The van der Waals surface area contributed by atoms with Gasteiger partial charge in [-0.3, -0.25) is 4.79 Å². The number of carbonyl (C=O) groups excluding carboxylic acids is 2. The van der Waals surface area contributed by atoms with Crippen LogP contribution in [0, 0.1) is 5.92 Å². The maximum atomic E-state index is 11.5. The first kappa shape index (κ1) is 14.9. The minimum atomic E-state index is -0.970. The number of hydrogen-bond donors (Lipinski definition) is 2. The van der Waals surface area contributed by atoms with Gasteiger partial charge in [-0.05, 0) is 12.8 Å². The van der Waals surface area contributed by atoms with E-state index >= 15 is 0 Å². The number of esters is 1. The quantitative estimate of drug-likeness (QED) is 0.470. The molecule has 2 N–H and O–H groups in total. The first-order valence-electron chi connectivity index (χ1n) is 5.66. The van der Waals surface area contributed by atoms with Crippen LogP contribution in [0.25, 0.3) is 0 Å². The van der Waals surface area contributed by atoms with Crippen LogP contribution < -0.4 is 5.32 Å². The van der Waals surface area contributed by atoms with Crippen LogP contribution in [-0.4, -0.2) is 36.2 Å². The lowest BCUT2D eigenvalue weighted by Gasteiger charge is -2.26. The average molecular weight is 231 g/mol. The van der Waals surface area contributed by atoms with Gasteiger partial charge in [-0.2, -0.15) is 0 Å². The molecule has 0 fully saturated rings. The molecule has 0 bridgehead atoms. The lowest BCUT2D eigenvalue weighted by Crippen LogP contribution is -2.49. The zero-order valence-electron chi connectivity index (χ0n) is 10.1. The van der Waals surface area contributed by atoms with Crippen LogP contribution in [-0.2, 0) is 14.3 Å². The minimum Gasteiger partial charge on any atom is -0.464 e. The monoisotopic (exact) mass is 231 g/mol. The Morgan fingerprint density at radius 2 is 1.94 bits per heavy atom. The summed E-state index contributed by atoms with van der Waals surface area (Å²) in [4.78, 5) is 21.9. The molecular formula is C11H21NO4. The number of hydrogen-bond acceptors (Lipinski definition) is 4. The molecule has 1 amide bonds. The van der Waals surface area contributed by atoms with Crippen molar-refractivity contribution in [3.63, 3.8) is 0 Å². The summed E-state index contributed by atoms with van der Waals surface area (Å²) in [6.45, 7) is 5.77. The van der Waals surface area contributed by atoms with Gasteiger partial charge in [-0.25, -0.2) is 4.79 Å². The molecule has 5 heteroatoms. The van der Waals surface area contributed by atoms with Crippen LogP contribution in [0.5, 0.6) is 0 Å². The molecule has 0 aromatic carbocycles. The van der Waals surface area contributed by atoms with Crippen molar-refractivity contribution >= 4 is 12.4 Å². The molecule has 5 nitrogen and oxygen atoms in total. The molecule has 2 atom stereocenters. The van der Waals surface area contributed by atoms with Gasteiger partial charge in [-0.1, -0.05) is 26.7 Å². The maximum Gasteiger partial charge on any atom is 0.331 e. The predicted octanol–water partition coefficient (Wildman–Crippen LogP) is 0.461. The van der Waals surface area contributed by atoms with E-state index in [2.05, 4.69) is 5.32 Å². The van der Waals surface area contributed by atoms with Crippen molar-refractivity contribution in [3.05, 3.63) is 0 Å². The smallest absolute Gasteiger partial charge is 0.331 e. The molecule has 0 radical (unpaired) electrons. The van der Waals surface area contributed by atoms with Crippen LogP contribution in [0.3, 0.4) is 0 Å². The summed E-state index contributed by atoms with van der Waals surface area (Å²) in [5.74, 6) is -0.615. The zero-order valence-corrected chi connectivity index (χ0v) is 10.1. The van der Waals surface area contributed by atoms with Crippen molar-refractivity contribution in [2.45, 2.75) is 45.8 Å². The van der Waals surface area contributed by atoms with Crippen molar-refractivity contribution in [2.75, 3.05) is 6.61 Å². The molecule has 0 aliphatic rings. The summed E-state index contributed by atoms with van der Waals surface area (Å²) in [5.41, 5.74) is 0. The van der Waals surface area contributed by atoms with Crippen molar-refractivity contribution in [2.24, 2.45) is 5.92 Å². The maximum absolute atomic E-state index is 11.5. The van der Waals surface area contributed by atoms with Crippen molar-refractivity contribution in [1.82, 2.24) is 5.32 Å². The molecule has 0 spiro atoms. The molecule has 0 rings (SSSR count). The van der Waals surface area contributed by atoms with E-state index < -0.39 is 18.1 Å². The second kappa shape index (κ2) is 8.10. The largest absolute Gasteiger partial charge is 0.464 e. The van der Waals surface area contributed by atoms with E-state index in [9.17, 15) is 14.7 Å². The zero-order chi connectivity index (χ0) is 12.6. The summed E-state index contributed by atoms with van der Waals surface area (Å²) >= 11 is 0. The summed E-state index contributed by atoms with van der Waals surface area (Å²) in [7, 11) is 0. The van der Waals surface area contributed by atoms with Crippen LogP contribution in [0.2, 0.25) is 0 Å². The second-order valence-electron chi connectivity index (χ2n) is 3.58. The van der Waals surface area contributed by atoms with Gasteiger partial charge in [0.1, 0.15) is 0 Å². The highest BCUT2D eigenvalue weighted by Gasteiger charge is 2.31. The molecule has 0 aliphatic heterocycles. The first-order chi connectivity index (χ1) is 7.62. The normalized spacial score (nSPS) is 14.3. The Hall–Kier alpha value is -1.10. The van der Waals surface area contributed by atoms with E-state index in [1.807, 2.05) is 13.8 Å². The van der Waals surface area contributed by atoms with E-state index in [4.69, 9.17) is 4.74 Å². The third-order valence-electron chi connectivity index (χ3n) is 2.66. The number of carbonyl (C=O) groups is 2. The van der Waals surface area contributed by atoms with Crippen LogP contribution in [0.15, 0.2) is 0 Å². The van der Waals surface area contributed by atoms with Crippen molar-refractivity contribution in [3.8, 4) is 0 Å². The highest BCUT2D eigenvalue weighted by molar-refractivity contribution is 5.79. The SMILES string of the molecule is CCOC(=O)C(NC=O)C(O)C(CC)CC. The summed E-state index contributed by atoms with van der Waals surface area (Å²) in [5, 5.41) is 12.3. The van der Waals surface area contributed by atoms with Crippen LogP contribution in [0.1, 0.15) is 33.6 Å². The number of rotatable bonds is 8. The predicted molar refractivity (Wildman–Crippen MR) is 59.7 cm³/mol. The molecule has 0 heterocycles. The lowest BCUT2D eigenvalue weighted by molar-refractivity contribution is -0.151. The Morgan fingerprint density at radius 1 is 1.38 bits per heavy atom. The van der Waals surface area contributed by atoms with Crippen LogP contribution in [0.4, 0.5) is 0 Å². The van der Waals surface area contributed by atoms with Gasteiger partial charge >= 0.3 is 5.97 Å². The fraction of sp³-hybridized carbons (Fsp3) is 0.818. The molecule has 0 aliphatic carbocycles. The molecular weight excluding hydrogens is 210 g/mol. The van der Waals surface area contributed by atoms with Gasteiger partial charge in [-0.15, -0.1) is 0 Å². The first-order valence-corrected chi connectivity index (χ1v) is 5.66. The van der Waals surface area contributed by atoms with Crippen molar-refractivity contribution in [1.29, 1.82) is 0 Å². The van der Waals surface area contributed by atoms with E-state index in [1.54, 1.807) is 6.92 Å². The number of nitrogens with one attached hydrogen (secondary N) is 1. The summed E-state index contributed by atoms with van der Waals surface area (Å²) in [6.07, 6.45) is 0.995. The van der Waals surface area contributed by atoms with E-state index in [-0.39, 0.29) is 12.5 Å². The lowest BCUT2D eigenvalue weighted by atomic mass is 9.91. The topological polar surface area (TPSA) is 75.6 Å². The molecule has 0 saturated carbocycles. The highest BCUT2D eigenvalue weighted by Crippen LogP contribution is 2.16. The third-order valence-corrected chi connectivity index (χ3v) is 2.66. The van der Waals surface area contributed by atoms with Gasteiger partial charge in [0.2, 0.25) is 6.41 Å². The Kier molecular flexibility index (Phi) is 7.54. The Morgan fingerprint density at radius 3 is 2.31 bits per heavy atom. The summed E-state index contributed by atoms with van der Waals surface area (Å²) in [6, 6.07) is -0.970. The van der Waals surface area contributed by atoms with E-state index in [0.717, 1.165) is 12.8 Å². The average Bonchev–Trinajstić information content (AvgIpc) is 2.27. The van der Waals surface area contributed by atoms with Gasteiger partial charge in [0.25, 0.3) is 0 Å². The van der Waals surface area contributed by atoms with Gasteiger partial charge in [0.15, 0.2) is 6.04 Å². The molecule has 2 unspecified atom stereocenters. The molecule has 16 heavy (non-hydrogen) atoms. The molecule has 0 saturated heterocycles. The Labute approximate surface area is 96.2 Å². The van der Waals surface area contributed by atoms with Crippen molar-refractivity contribution < 1.29 is 19.4 Å². The molecule has 94 valence electrons. The fourth-order valence-corrected chi connectivity index (χ4v) is 1.66. The number of aliphatic hydroxyl groups is 1. The number of amides is 1. The van der Waals surface area contributed by atoms with E-state index in [0.29, 0.717) is 6.41 Å². The highest BCUT2D eigenvalue weighted by atomic mass is 16.5. The Balaban J connectivity index is 4.61. The van der Waals surface area contributed by atoms with Gasteiger partial charge < -0.3 is 15.2 Å². The van der Waals surface area contributed by atoms with Gasteiger partial charge in [0.05, 0.1) is 12.7 Å². The third kappa shape index (κ3) is 4.18. The standard InChI is InChI=1S/C11H21NO4/c1-4-8(5-2)10(14)9(12-7-13)11(15)16-6-3/h7-10,14H,4-6H2,1-3H3,(H,12,13). The minimum absolute atomic E-state index is 0.0261. The molecule has 0 aromatic rings. The number of aliphatic hydroxyl groups excluding tert-OH is 1.